The number of piperazine rings is 1. The van der Waals surface area contributed by atoms with E-state index in [0.717, 1.165) is 59.0 Å². The summed E-state index contributed by atoms with van der Waals surface area (Å²) in [6.45, 7) is 3.72. The van der Waals surface area contributed by atoms with Crippen LogP contribution in [0.1, 0.15) is 16.1 Å². The number of aromatic nitrogens is 3. The third-order valence-electron chi connectivity index (χ3n) is 5.84. The molecule has 166 valence electrons. The van der Waals surface area contributed by atoms with Crippen molar-refractivity contribution in [2.75, 3.05) is 36.0 Å². The molecule has 5 rings (SSSR count). The standard InChI is InChI=1S/C25H23ClN6O/c26-19-4-3-5-20(16-19)31-12-14-32(15-13-31)24-22-7-2-1-6-21(22)23(29-30-24)25(33)28-17-18-8-10-27-11-9-18/h1-11,16H,12-15,17H2,(H,28,33). The fourth-order valence-corrected chi connectivity index (χ4v) is 4.29. The highest BCUT2D eigenvalue weighted by atomic mass is 35.5. The van der Waals surface area contributed by atoms with Crippen molar-refractivity contribution in [3.05, 3.63) is 89.3 Å². The molecular weight excluding hydrogens is 436 g/mol. The number of nitrogens with zero attached hydrogens (tertiary/aromatic N) is 5. The van der Waals surface area contributed by atoms with Crippen molar-refractivity contribution in [2.45, 2.75) is 6.54 Å². The molecule has 2 aromatic carbocycles. The first-order valence-corrected chi connectivity index (χ1v) is 11.2. The van der Waals surface area contributed by atoms with Crippen LogP contribution in [-0.2, 0) is 6.54 Å². The molecule has 0 atom stereocenters. The summed E-state index contributed by atoms with van der Waals surface area (Å²) >= 11 is 6.16. The summed E-state index contributed by atoms with van der Waals surface area (Å²) in [7, 11) is 0. The minimum atomic E-state index is -0.243. The van der Waals surface area contributed by atoms with Gasteiger partial charge in [-0.15, -0.1) is 10.2 Å². The van der Waals surface area contributed by atoms with Crippen LogP contribution in [0.15, 0.2) is 73.1 Å². The smallest absolute Gasteiger partial charge is 0.272 e. The fraction of sp³-hybridized carbons (Fsp3) is 0.200. The number of halogens is 1. The van der Waals surface area contributed by atoms with Gasteiger partial charge in [0, 0.05) is 66.6 Å². The zero-order valence-electron chi connectivity index (χ0n) is 18.0. The van der Waals surface area contributed by atoms with Crippen molar-refractivity contribution in [2.24, 2.45) is 0 Å². The van der Waals surface area contributed by atoms with Crippen LogP contribution in [0, 0.1) is 0 Å². The van der Waals surface area contributed by atoms with E-state index in [0.29, 0.717) is 12.2 Å². The molecule has 0 spiro atoms. The highest BCUT2D eigenvalue weighted by molar-refractivity contribution is 6.30. The zero-order chi connectivity index (χ0) is 22.6. The maximum atomic E-state index is 12.9. The van der Waals surface area contributed by atoms with Crippen LogP contribution in [0.4, 0.5) is 11.5 Å². The highest BCUT2D eigenvalue weighted by Crippen LogP contribution is 2.28. The van der Waals surface area contributed by atoms with Gasteiger partial charge in [-0.25, -0.2) is 0 Å². The lowest BCUT2D eigenvalue weighted by Gasteiger charge is -2.37. The Morgan fingerprint density at radius 1 is 0.879 bits per heavy atom. The Morgan fingerprint density at radius 2 is 1.61 bits per heavy atom. The molecule has 1 N–H and O–H groups in total. The van der Waals surface area contributed by atoms with E-state index in [2.05, 4.69) is 36.4 Å². The van der Waals surface area contributed by atoms with Crippen molar-refractivity contribution < 1.29 is 4.79 Å². The van der Waals surface area contributed by atoms with Gasteiger partial charge in [-0.1, -0.05) is 41.9 Å². The van der Waals surface area contributed by atoms with E-state index in [1.165, 1.54) is 0 Å². The highest BCUT2D eigenvalue weighted by Gasteiger charge is 2.23. The molecule has 0 bridgehead atoms. The number of anilines is 2. The Labute approximate surface area is 197 Å². The van der Waals surface area contributed by atoms with Gasteiger partial charge in [0.05, 0.1) is 0 Å². The molecule has 0 aliphatic carbocycles. The van der Waals surface area contributed by atoms with E-state index in [4.69, 9.17) is 11.6 Å². The first-order chi connectivity index (χ1) is 16.2. The number of hydrogen-bond acceptors (Lipinski definition) is 6. The summed E-state index contributed by atoms with van der Waals surface area (Å²) in [6.07, 6.45) is 3.41. The number of hydrogen-bond donors (Lipinski definition) is 1. The monoisotopic (exact) mass is 458 g/mol. The molecule has 0 radical (unpaired) electrons. The second-order valence-electron chi connectivity index (χ2n) is 7.91. The van der Waals surface area contributed by atoms with Gasteiger partial charge in [0.15, 0.2) is 11.5 Å². The van der Waals surface area contributed by atoms with Gasteiger partial charge in [-0.2, -0.15) is 0 Å². The summed E-state index contributed by atoms with van der Waals surface area (Å²) in [4.78, 5) is 21.4. The van der Waals surface area contributed by atoms with Crippen molar-refractivity contribution in [1.29, 1.82) is 0 Å². The van der Waals surface area contributed by atoms with E-state index in [1.54, 1.807) is 12.4 Å². The Morgan fingerprint density at radius 3 is 2.36 bits per heavy atom. The van der Waals surface area contributed by atoms with Crippen LogP contribution in [0.2, 0.25) is 5.02 Å². The van der Waals surface area contributed by atoms with Crippen molar-refractivity contribution in [1.82, 2.24) is 20.5 Å². The number of carbonyl (C=O) groups excluding carboxylic acids is 1. The van der Waals surface area contributed by atoms with E-state index < -0.39 is 0 Å². The Bertz CT molecular complexity index is 1270. The average molecular weight is 459 g/mol. The number of pyridine rings is 1. The molecule has 1 aliphatic heterocycles. The first-order valence-electron chi connectivity index (χ1n) is 10.9. The van der Waals surface area contributed by atoms with Gasteiger partial charge in [-0.3, -0.25) is 9.78 Å². The maximum Gasteiger partial charge on any atom is 0.272 e. The van der Waals surface area contributed by atoms with Gasteiger partial charge in [0.25, 0.3) is 5.91 Å². The summed E-state index contributed by atoms with van der Waals surface area (Å²) < 4.78 is 0. The summed E-state index contributed by atoms with van der Waals surface area (Å²) in [5.41, 5.74) is 2.44. The number of carbonyl (C=O) groups is 1. The molecule has 2 aromatic heterocycles. The zero-order valence-corrected chi connectivity index (χ0v) is 18.7. The minimum absolute atomic E-state index is 0.243. The topological polar surface area (TPSA) is 74.2 Å². The average Bonchev–Trinajstić information content (AvgIpc) is 2.87. The van der Waals surface area contributed by atoms with Crippen molar-refractivity contribution in [3.63, 3.8) is 0 Å². The SMILES string of the molecule is O=C(NCc1ccncc1)c1nnc(N2CCN(c3cccc(Cl)c3)CC2)c2ccccc12. The van der Waals surface area contributed by atoms with E-state index in [9.17, 15) is 4.79 Å². The molecule has 1 saturated heterocycles. The Hall–Kier alpha value is -3.71. The lowest BCUT2D eigenvalue weighted by Crippen LogP contribution is -2.47. The van der Waals surface area contributed by atoms with Crippen LogP contribution in [-0.4, -0.2) is 47.3 Å². The van der Waals surface area contributed by atoms with Crippen molar-refractivity contribution >= 4 is 39.8 Å². The molecule has 0 unspecified atom stereocenters. The van der Waals surface area contributed by atoms with E-state index >= 15 is 0 Å². The van der Waals surface area contributed by atoms with Crippen LogP contribution in [0.5, 0.6) is 0 Å². The van der Waals surface area contributed by atoms with Gasteiger partial charge in [-0.05, 0) is 35.9 Å². The number of nitrogens with one attached hydrogen (secondary N) is 1. The molecule has 1 aliphatic rings. The number of amides is 1. The predicted molar refractivity (Wildman–Crippen MR) is 131 cm³/mol. The molecule has 1 fully saturated rings. The first kappa shape index (κ1) is 21.2. The quantitative estimate of drug-likeness (QED) is 0.488. The summed E-state index contributed by atoms with van der Waals surface area (Å²) in [5.74, 6) is 0.565. The van der Waals surface area contributed by atoms with Crippen LogP contribution < -0.4 is 15.1 Å². The second kappa shape index (κ2) is 9.42. The Kier molecular flexibility index (Phi) is 6.04. The summed E-state index contributed by atoms with van der Waals surface area (Å²) in [6, 6.07) is 19.5. The van der Waals surface area contributed by atoms with Gasteiger partial charge < -0.3 is 15.1 Å². The van der Waals surface area contributed by atoms with E-state index in [1.807, 2.05) is 54.6 Å². The normalized spacial score (nSPS) is 13.8. The third-order valence-corrected chi connectivity index (χ3v) is 6.07. The minimum Gasteiger partial charge on any atom is -0.368 e. The molecule has 4 aromatic rings. The number of benzene rings is 2. The second-order valence-corrected chi connectivity index (χ2v) is 8.35. The largest absolute Gasteiger partial charge is 0.368 e. The fourth-order valence-electron chi connectivity index (χ4n) is 4.11. The Balaban J connectivity index is 1.34. The van der Waals surface area contributed by atoms with Crippen LogP contribution in [0.25, 0.3) is 10.8 Å². The third kappa shape index (κ3) is 4.59. The maximum absolute atomic E-state index is 12.9. The number of fused-ring (bicyclic) bond motifs is 1. The molecule has 3 heterocycles. The predicted octanol–water partition coefficient (Wildman–Crippen LogP) is 3.93. The van der Waals surface area contributed by atoms with Gasteiger partial charge in [0.2, 0.25) is 0 Å². The van der Waals surface area contributed by atoms with Crippen LogP contribution >= 0.6 is 11.6 Å². The van der Waals surface area contributed by atoms with Gasteiger partial charge in [0.1, 0.15) is 0 Å². The van der Waals surface area contributed by atoms with Crippen molar-refractivity contribution in [3.8, 4) is 0 Å². The number of rotatable bonds is 5. The van der Waals surface area contributed by atoms with Crippen LogP contribution in [0.3, 0.4) is 0 Å². The molecule has 7 nitrogen and oxygen atoms in total. The van der Waals surface area contributed by atoms with E-state index in [-0.39, 0.29) is 5.91 Å². The lowest BCUT2D eigenvalue weighted by molar-refractivity contribution is 0.0947. The summed E-state index contributed by atoms with van der Waals surface area (Å²) in [5, 5.41) is 14.2. The molecule has 1 amide bonds. The lowest BCUT2D eigenvalue weighted by atomic mass is 10.1. The van der Waals surface area contributed by atoms with Gasteiger partial charge >= 0.3 is 0 Å². The molecule has 33 heavy (non-hydrogen) atoms. The molecule has 8 heteroatoms. The molecule has 0 saturated carbocycles. The molecular formula is C25H23ClN6O.